The van der Waals surface area contributed by atoms with Gasteiger partial charge in [0.15, 0.2) is 5.82 Å². The lowest BCUT2D eigenvalue weighted by Gasteiger charge is -2.10. The highest BCUT2D eigenvalue weighted by Gasteiger charge is 2.30. The number of hydrogen-bond acceptors (Lipinski definition) is 6. The summed E-state index contributed by atoms with van der Waals surface area (Å²) in [5.41, 5.74) is 3.70. The highest BCUT2D eigenvalue weighted by Crippen LogP contribution is 2.31. The first-order valence-electron chi connectivity index (χ1n) is 11.3. The lowest BCUT2D eigenvalue weighted by atomic mass is 10.0. The maximum atomic E-state index is 12.3. The van der Waals surface area contributed by atoms with Gasteiger partial charge in [-0.1, -0.05) is 36.4 Å². The second-order valence-corrected chi connectivity index (χ2v) is 9.47. The molecule has 184 valence electrons. The second kappa shape index (κ2) is 9.98. The van der Waals surface area contributed by atoms with Crippen LogP contribution in [-0.2, 0) is 6.42 Å². The van der Waals surface area contributed by atoms with Crippen LogP contribution in [0.2, 0.25) is 0 Å². The summed E-state index contributed by atoms with van der Waals surface area (Å²) in [6, 6.07) is 16.0. The van der Waals surface area contributed by atoms with Crippen molar-refractivity contribution >= 4 is 27.4 Å². The molecule has 3 aromatic heterocycles. The van der Waals surface area contributed by atoms with Gasteiger partial charge < -0.3 is 15.0 Å². The zero-order valence-electron chi connectivity index (χ0n) is 19.3. The molecule has 10 heteroatoms. The third-order valence-corrected chi connectivity index (χ3v) is 6.51. The first kappa shape index (κ1) is 23.8. The SMILES string of the molecule is Cc1cc2c(NCCCc3ccc(-c4ccc(OC(F)(F)F)cc4)cc3)nc(-c3cnc[nH]3)nc2s1. The number of fused-ring (bicyclic) bond motifs is 1. The van der Waals surface area contributed by atoms with E-state index in [-0.39, 0.29) is 5.75 Å². The number of halogens is 3. The fourth-order valence-corrected chi connectivity index (χ4v) is 4.77. The topological polar surface area (TPSA) is 75.7 Å². The Bertz CT molecular complexity index is 1450. The number of nitrogens with zero attached hydrogens (tertiary/aromatic N) is 3. The zero-order chi connectivity index (χ0) is 25.1. The van der Waals surface area contributed by atoms with Crippen molar-refractivity contribution in [2.24, 2.45) is 0 Å². The Morgan fingerprint density at radius 1 is 1.00 bits per heavy atom. The lowest BCUT2D eigenvalue weighted by Crippen LogP contribution is -2.16. The first-order valence-corrected chi connectivity index (χ1v) is 12.1. The van der Waals surface area contributed by atoms with Crippen LogP contribution in [-0.4, -0.2) is 32.8 Å². The fraction of sp³-hybridized carbons (Fsp3) is 0.192. The van der Waals surface area contributed by atoms with Crippen LogP contribution in [0.3, 0.4) is 0 Å². The highest BCUT2D eigenvalue weighted by molar-refractivity contribution is 7.18. The summed E-state index contributed by atoms with van der Waals surface area (Å²) in [6.07, 6.45) is 0.396. The summed E-state index contributed by atoms with van der Waals surface area (Å²) in [7, 11) is 0. The molecule has 0 amide bonds. The smallest absolute Gasteiger partial charge is 0.406 e. The van der Waals surface area contributed by atoms with E-state index in [4.69, 9.17) is 4.98 Å². The van der Waals surface area contributed by atoms with Gasteiger partial charge in [0.1, 0.15) is 22.1 Å². The Morgan fingerprint density at radius 3 is 2.39 bits per heavy atom. The van der Waals surface area contributed by atoms with Crippen molar-refractivity contribution in [3.8, 4) is 28.4 Å². The van der Waals surface area contributed by atoms with Crippen molar-refractivity contribution in [3.63, 3.8) is 0 Å². The Balaban J connectivity index is 1.20. The maximum Gasteiger partial charge on any atom is 0.573 e. The molecular weight excluding hydrogens is 487 g/mol. The Labute approximate surface area is 209 Å². The molecule has 0 bridgehead atoms. The second-order valence-electron chi connectivity index (χ2n) is 8.24. The van der Waals surface area contributed by atoms with E-state index in [1.54, 1.807) is 36.0 Å². The normalized spacial score (nSPS) is 11.7. The molecule has 2 N–H and O–H groups in total. The predicted octanol–water partition coefficient (Wildman–Crippen LogP) is 7.00. The van der Waals surface area contributed by atoms with Crippen LogP contribution in [0.4, 0.5) is 19.0 Å². The monoisotopic (exact) mass is 509 g/mol. The van der Waals surface area contributed by atoms with Crippen LogP contribution in [0, 0.1) is 6.92 Å². The molecule has 0 radical (unpaired) electrons. The van der Waals surface area contributed by atoms with Gasteiger partial charge in [-0.15, -0.1) is 24.5 Å². The van der Waals surface area contributed by atoms with Crippen molar-refractivity contribution in [1.29, 1.82) is 0 Å². The standard InChI is InChI=1S/C26H22F3N5OS/c1-16-13-21-23(33-24(34-25(21)36-16)22-14-30-15-32-22)31-12-2-3-17-4-6-18(7-5-17)19-8-10-20(11-9-19)35-26(27,28)29/h4-11,13-15H,2-3,12H2,1H3,(H,30,32)(H,31,33,34). The number of aromatic amines is 1. The molecule has 36 heavy (non-hydrogen) atoms. The average Bonchev–Trinajstić information content (AvgIpc) is 3.51. The van der Waals surface area contributed by atoms with Crippen molar-refractivity contribution < 1.29 is 17.9 Å². The molecule has 6 nitrogen and oxygen atoms in total. The summed E-state index contributed by atoms with van der Waals surface area (Å²) in [6.45, 7) is 2.80. The van der Waals surface area contributed by atoms with E-state index in [2.05, 4.69) is 38.0 Å². The van der Waals surface area contributed by atoms with Crippen molar-refractivity contribution in [2.75, 3.05) is 11.9 Å². The third kappa shape index (κ3) is 5.65. The third-order valence-electron chi connectivity index (χ3n) is 5.56. The van der Waals surface area contributed by atoms with Crippen LogP contribution in [0.25, 0.3) is 32.9 Å². The largest absolute Gasteiger partial charge is 0.573 e. The molecule has 3 heterocycles. The van der Waals surface area contributed by atoms with Crippen LogP contribution in [0.1, 0.15) is 16.9 Å². The minimum atomic E-state index is -4.69. The Morgan fingerprint density at radius 2 is 1.72 bits per heavy atom. The molecule has 0 atom stereocenters. The molecule has 0 saturated carbocycles. The number of ether oxygens (including phenoxy) is 1. The van der Waals surface area contributed by atoms with Crippen LogP contribution < -0.4 is 10.1 Å². The summed E-state index contributed by atoms with van der Waals surface area (Å²) in [5.74, 6) is 1.19. The van der Waals surface area contributed by atoms with Gasteiger partial charge in [0.25, 0.3) is 0 Å². The number of H-pyrrole nitrogens is 1. The number of anilines is 1. The van der Waals surface area contributed by atoms with E-state index in [1.807, 2.05) is 24.3 Å². The Kier molecular flexibility index (Phi) is 6.60. The van der Waals surface area contributed by atoms with E-state index in [0.717, 1.165) is 52.2 Å². The van der Waals surface area contributed by atoms with E-state index in [0.29, 0.717) is 5.82 Å². The zero-order valence-corrected chi connectivity index (χ0v) is 20.1. The molecular formula is C26H22F3N5OS. The molecule has 5 aromatic rings. The predicted molar refractivity (Wildman–Crippen MR) is 135 cm³/mol. The van der Waals surface area contributed by atoms with Gasteiger partial charge in [-0.2, -0.15) is 0 Å². The fourth-order valence-electron chi connectivity index (χ4n) is 3.89. The van der Waals surface area contributed by atoms with Gasteiger partial charge in [-0.3, -0.25) is 0 Å². The van der Waals surface area contributed by atoms with Crippen molar-refractivity contribution in [1.82, 2.24) is 19.9 Å². The maximum absolute atomic E-state index is 12.3. The molecule has 0 aliphatic carbocycles. The number of imidazole rings is 1. The lowest BCUT2D eigenvalue weighted by molar-refractivity contribution is -0.274. The average molecular weight is 510 g/mol. The summed E-state index contributed by atoms with van der Waals surface area (Å²) >= 11 is 1.63. The number of rotatable bonds is 8. The summed E-state index contributed by atoms with van der Waals surface area (Å²) < 4.78 is 41.0. The van der Waals surface area contributed by atoms with Gasteiger partial charge in [-0.05, 0) is 54.7 Å². The number of thiophene rings is 1. The summed E-state index contributed by atoms with van der Waals surface area (Å²) in [4.78, 5) is 18.6. The molecule has 0 unspecified atom stereocenters. The highest BCUT2D eigenvalue weighted by atomic mass is 32.1. The number of nitrogens with one attached hydrogen (secondary N) is 2. The van der Waals surface area contributed by atoms with Crippen LogP contribution >= 0.6 is 11.3 Å². The number of hydrogen-bond donors (Lipinski definition) is 2. The van der Waals surface area contributed by atoms with E-state index >= 15 is 0 Å². The van der Waals surface area contributed by atoms with E-state index < -0.39 is 6.36 Å². The van der Waals surface area contributed by atoms with Crippen LogP contribution in [0.5, 0.6) is 5.75 Å². The minimum absolute atomic E-state index is 0.231. The van der Waals surface area contributed by atoms with Crippen molar-refractivity contribution in [2.45, 2.75) is 26.1 Å². The molecule has 2 aromatic carbocycles. The van der Waals surface area contributed by atoms with Gasteiger partial charge in [-0.25, -0.2) is 15.0 Å². The number of benzene rings is 2. The van der Waals surface area contributed by atoms with Gasteiger partial charge in [0, 0.05) is 11.4 Å². The molecule has 0 spiro atoms. The van der Waals surface area contributed by atoms with Gasteiger partial charge in [0.2, 0.25) is 0 Å². The molecule has 0 fully saturated rings. The molecule has 0 saturated heterocycles. The molecule has 0 aliphatic heterocycles. The number of aromatic nitrogens is 4. The Hall–Kier alpha value is -3.92. The summed E-state index contributed by atoms with van der Waals surface area (Å²) in [5, 5.41) is 4.47. The first-order chi connectivity index (χ1) is 17.3. The quantitative estimate of drug-likeness (QED) is 0.220. The van der Waals surface area contributed by atoms with Gasteiger partial charge >= 0.3 is 6.36 Å². The molecule has 5 rings (SSSR count). The van der Waals surface area contributed by atoms with E-state index in [1.165, 1.54) is 22.6 Å². The van der Waals surface area contributed by atoms with Gasteiger partial charge in [0.05, 0.1) is 17.9 Å². The number of alkyl halides is 3. The van der Waals surface area contributed by atoms with Crippen molar-refractivity contribution in [3.05, 3.63) is 77.6 Å². The molecule has 0 aliphatic rings. The minimum Gasteiger partial charge on any atom is -0.406 e. The van der Waals surface area contributed by atoms with Crippen LogP contribution in [0.15, 0.2) is 67.1 Å². The van der Waals surface area contributed by atoms with E-state index in [9.17, 15) is 13.2 Å². The number of aryl methyl sites for hydroxylation is 2.